The van der Waals surface area contributed by atoms with E-state index in [0.29, 0.717) is 12.2 Å². The van der Waals surface area contributed by atoms with Crippen molar-refractivity contribution in [1.29, 1.82) is 0 Å². The molecule has 0 radical (unpaired) electrons. The summed E-state index contributed by atoms with van der Waals surface area (Å²) < 4.78 is 1.47. The molecule has 8 heteroatoms. The first-order valence-corrected chi connectivity index (χ1v) is 7.26. The van der Waals surface area contributed by atoms with Gasteiger partial charge < -0.3 is 20.9 Å². The second-order valence-electron chi connectivity index (χ2n) is 4.99. The zero-order valence-corrected chi connectivity index (χ0v) is 12.5. The van der Waals surface area contributed by atoms with E-state index in [1.165, 1.54) is 23.3 Å². The van der Waals surface area contributed by atoms with Crippen molar-refractivity contribution in [1.82, 2.24) is 9.88 Å². The van der Waals surface area contributed by atoms with Gasteiger partial charge in [0, 0.05) is 38.9 Å². The fraction of sp³-hybridized carbons (Fsp3) is 0.615. The number of carbonyl (C=O) groups is 1. The molecule has 0 saturated heterocycles. The maximum atomic E-state index is 11.9. The molecule has 0 saturated carbocycles. The highest BCUT2D eigenvalue weighted by Gasteiger charge is 2.16. The van der Waals surface area contributed by atoms with E-state index in [1.54, 1.807) is 7.05 Å². The van der Waals surface area contributed by atoms with Gasteiger partial charge in [-0.3, -0.25) is 14.9 Å². The molecule has 0 atom stereocenters. The molecule has 1 amide bonds. The molecule has 0 unspecified atom stereocenters. The van der Waals surface area contributed by atoms with Crippen LogP contribution in [0, 0.1) is 10.1 Å². The lowest BCUT2D eigenvalue weighted by Crippen LogP contribution is -2.84. The molecule has 1 heterocycles. The Morgan fingerprint density at radius 2 is 2.14 bits per heavy atom. The lowest BCUT2D eigenvalue weighted by molar-refractivity contribution is -0.655. The molecule has 0 bridgehead atoms. The summed E-state index contributed by atoms with van der Waals surface area (Å²) in [5, 5.41) is 15.7. The number of quaternary nitrogens is 2. The monoisotopic (exact) mass is 299 g/mol. The summed E-state index contributed by atoms with van der Waals surface area (Å²) in [5.41, 5.74) is 4.03. The predicted molar refractivity (Wildman–Crippen MR) is 77.7 cm³/mol. The summed E-state index contributed by atoms with van der Waals surface area (Å²) >= 11 is 0. The van der Waals surface area contributed by atoms with Crippen molar-refractivity contribution in [2.45, 2.75) is 19.3 Å². The van der Waals surface area contributed by atoms with Crippen molar-refractivity contribution in [3.8, 4) is 0 Å². The quantitative estimate of drug-likeness (QED) is 0.281. The largest absolute Gasteiger partial charge is 0.358 e. The molecule has 0 spiro atoms. The average Bonchev–Trinajstić information content (AvgIpc) is 2.84. The Hall–Kier alpha value is -1.93. The van der Waals surface area contributed by atoms with Crippen LogP contribution in [-0.2, 0) is 7.05 Å². The highest BCUT2D eigenvalue weighted by Crippen LogP contribution is 2.14. The highest BCUT2D eigenvalue weighted by atomic mass is 16.6. The summed E-state index contributed by atoms with van der Waals surface area (Å²) in [7, 11) is 1.62. The molecule has 0 aliphatic carbocycles. The van der Waals surface area contributed by atoms with E-state index in [2.05, 4.69) is 16.4 Å². The van der Waals surface area contributed by atoms with Crippen molar-refractivity contribution in [3.05, 3.63) is 28.1 Å². The Morgan fingerprint density at radius 1 is 1.43 bits per heavy atom. The van der Waals surface area contributed by atoms with E-state index in [-0.39, 0.29) is 11.6 Å². The number of nitrogens with two attached hydrogens (primary N) is 1. The van der Waals surface area contributed by atoms with Crippen molar-refractivity contribution >= 4 is 11.6 Å². The maximum Gasteiger partial charge on any atom is 0.287 e. The number of aryl methyl sites for hydroxylation is 1. The molecular formula is C13H25N5O3+2. The molecule has 21 heavy (non-hydrogen) atoms. The van der Waals surface area contributed by atoms with Gasteiger partial charge in [0.25, 0.3) is 11.6 Å². The molecule has 6 N–H and O–H groups in total. The SMILES string of the molecule is Cn1cc([N+](=O)[O-])cc1C(=O)NCCC[NH2+]CCCC[NH3+]. The summed E-state index contributed by atoms with van der Waals surface area (Å²) in [5.74, 6) is -0.275. The normalized spacial score (nSPS) is 10.6. The summed E-state index contributed by atoms with van der Waals surface area (Å²) in [6.45, 7) is 3.61. The van der Waals surface area contributed by atoms with Crippen LogP contribution in [0.15, 0.2) is 12.3 Å². The number of carbonyl (C=O) groups excluding carboxylic acids is 1. The molecule has 0 aliphatic rings. The van der Waals surface area contributed by atoms with E-state index in [1.807, 2.05) is 0 Å². The van der Waals surface area contributed by atoms with Gasteiger partial charge in [-0.05, 0) is 0 Å². The summed E-state index contributed by atoms with van der Waals surface area (Å²) in [4.78, 5) is 22.1. The van der Waals surface area contributed by atoms with Crippen molar-refractivity contribution in [2.24, 2.45) is 7.05 Å². The minimum atomic E-state index is -0.502. The highest BCUT2D eigenvalue weighted by molar-refractivity contribution is 5.93. The summed E-state index contributed by atoms with van der Waals surface area (Å²) in [6, 6.07) is 1.29. The topological polar surface area (TPSA) is 121 Å². The van der Waals surface area contributed by atoms with E-state index in [0.717, 1.165) is 32.5 Å². The Morgan fingerprint density at radius 3 is 2.76 bits per heavy atom. The lowest BCUT2D eigenvalue weighted by atomic mass is 10.3. The van der Waals surface area contributed by atoms with E-state index >= 15 is 0 Å². The molecule has 1 aromatic heterocycles. The molecule has 0 fully saturated rings. The van der Waals surface area contributed by atoms with Gasteiger partial charge in [0.2, 0.25) is 0 Å². The van der Waals surface area contributed by atoms with Gasteiger partial charge in [-0.1, -0.05) is 0 Å². The number of rotatable bonds is 10. The standard InChI is InChI=1S/C13H23N5O3/c1-17-10-11(18(20)21)9-12(17)13(19)16-8-4-7-15-6-3-2-5-14/h9-10,15H,2-8,14H2,1H3,(H,16,19)/p+2. The number of hydrogen-bond donors (Lipinski definition) is 3. The first-order valence-electron chi connectivity index (χ1n) is 7.26. The van der Waals surface area contributed by atoms with Gasteiger partial charge >= 0.3 is 0 Å². The second kappa shape index (κ2) is 9.09. The summed E-state index contributed by atoms with van der Waals surface area (Å²) in [6.07, 6.45) is 4.54. The minimum Gasteiger partial charge on any atom is -0.358 e. The maximum absolute atomic E-state index is 11.9. The first kappa shape index (κ1) is 17.1. The van der Waals surface area contributed by atoms with Crippen LogP contribution in [-0.4, -0.2) is 41.6 Å². The van der Waals surface area contributed by atoms with Crippen LogP contribution in [0.2, 0.25) is 0 Å². The van der Waals surface area contributed by atoms with Crippen LogP contribution in [0.3, 0.4) is 0 Å². The molecular weight excluding hydrogens is 274 g/mol. The Balaban J connectivity index is 2.23. The fourth-order valence-electron chi connectivity index (χ4n) is 2.02. The van der Waals surface area contributed by atoms with Gasteiger partial charge in [-0.15, -0.1) is 0 Å². The van der Waals surface area contributed by atoms with Crippen LogP contribution < -0.4 is 16.4 Å². The van der Waals surface area contributed by atoms with Gasteiger partial charge in [-0.2, -0.15) is 0 Å². The van der Waals surface area contributed by atoms with Crippen LogP contribution in [0.5, 0.6) is 0 Å². The van der Waals surface area contributed by atoms with Gasteiger partial charge in [0.15, 0.2) is 0 Å². The van der Waals surface area contributed by atoms with Crippen molar-refractivity contribution in [2.75, 3.05) is 26.2 Å². The number of nitro groups is 1. The third kappa shape index (κ3) is 5.92. The van der Waals surface area contributed by atoms with Crippen molar-refractivity contribution < 1.29 is 20.8 Å². The average molecular weight is 299 g/mol. The number of unbranched alkanes of at least 4 members (excludes halogenated alkanes) is 1. The van der Waals surface area contributed by atoms with E-state index in [9.17, 15) is 14.9 Å². The molecule has 118 valence electrons. The second-order valence-corrected chi connectivity index (χ2v) is 4.99. The molecule has 8 nitrogen and oxygen atoms in total. The fourth-order valence-corrected chi connectivity index (χ4v) is 2.02. The minimum absolute atomic E-state index is 0.0682. The van der Waals surface area contributed by atoms with E-state index < -0.39 is 4.92 Å². The molecule has 1 rings (SSSR count). The van der Waals surface area contributed by atoms with Gasteiger partial charge in [-0.25, -0.2) is 0 Å². The number of nitrogens with one attached hydrogen (secondary N) is 1. The van der Waals surface area contributed by atoms with Crippen LogP contribution in [0.1, 0.15) is 29.8 Å². The number of amides is 1. The van der Waals surface area contributed by atoms with Crippen LogP contribution >= 0.6 is 0 Å². The predicted octanol–water partition coefficient (Wildman–Crippen LogP) is -1.36. The third-order valence-electron chi connectivity index (χ3n) is 3.21. The van der Waals surface area contributed by atoms with Crippen LogP contribution in [0.25, 0.3) is 0 Å². The Bertz CT molecular complexity index is 472. The van der Waals surface area contributed by atoms with Gasteiger partial charge in [0.05, 0.1) is 30.8 Å². The molecule has 0 aliphatic heterocycles. The number of nitrogens with zero attached hydrogens (tertiary/aromatic N) is 2. The zero-order valence-electron chi connectivity index (χ0n) is 12.5. The Kier molecular flexibility index (Phi) is 7.41. The number of aromatic nitrogens is 1. The third-order valence-corrected chi connectivity index (χ3v) is 3.21. The van der Waals surface area contributed by atoms with E-state index in [4.69, 9.17) is 0 Å². The number of hydrogen-bond acceptors (Lipinski definition) is 3. The first-order chi connectivity index (χ1) is 10.1. The molecule has 0 aromatic carbocycles. The van der Waals surface area contributed by atoms with Crippen molar-refractivity contribution in [3.63, 3.8) is 0 Å². The smallest absolute Gasteiger partial charge is 0.287 e. The lowest BCUT2D eigenvalue weighted by Gasteiger charge is -2.05. The Labute approximate surface area is 123 Å². The van der Waals surface area contributed by atoms with Gasteiger partial charge in [0.1, 0.15) is 5.69 Å². The molecule has 1 aromatic rings. The van der Waals surface area contributed by atoms with Crippen LogP contribution in [0.4, 0.5) is 5.69 Å². The zero-order chi connectivity index (χ0) is 15.7.